The fourth-order valence-corrected chi connectivity index (χ4v) is 1.06. The summed E-state index contributed by atoms with van der Waals surface area (Å²) in [5, 5.41) is 11.4. The highest BCUT2D eigenvalue weighted by atomic mass is 16.3. The Morgan fingerprint density at radius 1 is 1.60 bits per heavy atom. The number of hydrogen-bond acceptors (Lipinski definition) is 2. The van der Waals surface area contributed by atoms with E-state index in [1.807, 2.05) is 0 Å². The number of carbonyl (C=O) groups excluding carboxylic acids is 1. The molecular weight excluding hydrogens is 130 g/mol. The van der Waals surface area contributed by atoms with Crippen LogP contribution in [0.25, 0.3) is 0 Å². The van der Waals surface area contributed by atoms with Gasteiger partial charge in [-0.15, -0.1) is 0 Å². The molecule has 1 aliphatic rings. The van der Waals surface area contributed by atoms with Crippen LogP contribution < -0.4 is 5.32 Å². The number of rotatable bonds is 5. The molecule has 1 amide bonds. The van der Waals surface area contributed by atoms with Gasteiger partial charge in [0, 0.05) is 13.2 Å². The molecule has 1 saturated carbocycles. The molecule has 0 aromatic rings. The first-order chi connectivity index (χ1) is 4.83. The zero-order chi connectivity index (χ0) is 7.45. The summed E-state index contributed by atoms with van der Waals surface area (Å²) in [4.78, 5) is 9.83. The highest BCUT2D eigenvalue weighted by Gasteiger charge is 2.40. The average Bonchev–Trinajstić information content (AvgIpc) is 2.70. The zero-order valence-electron chi connectivity index (χ0n) is 5.97. The number of nitrogens with one attached hydrogen (secondary N) is 1. The highest BCUT2D eigenvalue weighted by molar-refractivity contribution is 5.45. The summed E-state index contributed by atoms with van der Waals surface area (Å²) >= 11 is 0. The molecule has 3 heteroatoms. The molecule has 0 unspecified atom stereocenters. The Bertz CT molecular complexity index is 121. The van der Waals surface area contributed by atoms with Crippen LogP contribution in [0.5, 0.6) is 0 Å². The molecule has 1 fully saturated rings. The van der Waals surface area contributed by atoms with Crippen molar-refractivity contribution < 1.29 is 9.90 Å². The Hall–Kier alpha value is -0.570. The number of amides is 1. The van der Waals surface area contributed by atoms with E-state index in [0.29, 0.717) is 13.0 Å². The summed E-state index contributed by atoms with van der Waals surface area (Å²) in [6, 6.07) is 0. The molecule has 0 bridgehead atoms. The number of aliphatic hydroxyl groups excluding tert-OH is 1. The number of hydrogen-bond donors (Lipinski definition) is 2. The third kappa shape index (κ3) is 1.70. The Morgan fingerprint density at radius 3 is 2.70 bits per heavy atom. The van der Waals surface area contributed by atoms with Gasteiger partial charge in [-0.25, -0.2) is 0 Å². The maximum absolute atomic E-state index is 9.83. The van der Waals surface area contributed by atoms with Crippen molar-refractivity contribution in [2.75, 3.05) is 13.2 Å². The van der Waals surface area contributed by atoms with E-state index in [0.717, 1.165) is 19.3 Å². The van der Waals surface area contributed by atoms with Crippen molar-refractivity contribution in [2.45, 2.75) is 19.3 Å². The van der Waals surface area contributed by atoms with Crippen LogP contribution in [0.4, 0.5) is 0 Å². The van der Waals surface area contributed by atoms with Gasteiger partial charge in [-0.3, -0.25) is 4.79 Å². The molecule has 3 nitrogen and oxygen atoms in total. The standard InChI is InChI=1S/C7H13NO2/c9-5-7(1-2-7)3-4-8-6-10/h6,9H,1-5H2,(H,8,10). The molecule has 58 valence electrons. The minimum absolute atomic E-state index is 0.177. The van der Waals surface area contributed by atoms with Gasteiger partial charge in [0.25, 0.3) is 0 Å². The Balaban J connectivity index is 2.06. The van der Waals surface area contributed by atoms with E-state index in [1.165, 1.54) is 0 Å². The lowest BCUT2D eigenvalue weighted by atomic mass is 10.0. The molecule has 2 N–H and O–H groups in total. The second-order valence-electron chi connectivity index (χ2n) is 2.98. The van der Waals surface area contributed by atoms with Gasteiger partial charge in [-0.05, 0) is 24.7 Å². The molecule has 0 aromatic carbocycles. The van der Waals surface area contributed by atoms with Crippen LogP contribution in [-0.2, 0) is 4.79 Å². The van der Waals surface area contributed by atoms with Crippen LogP contribution >= 0.6 is 0 Å². The quantitative estimate of drug-likeness (QED) is 0.417. The zero-order valence-corrected chi connectivity index (χ0v) is 5.97. The van der Waals surface area contributed by atoms with E-state index >= 15 is 0 Å². The van der Waals surface area contributed by atoms with E-state index in [4.69, 9.17) is 5.11 Å². The Morgan fingerprint density at radius 2 is 2.30 bits per heavy atom. The van der Waals surface area contributed by atoms with Gasteiger partial charge in [-0.1, -0.05) is 0 Å². The van der Waals surface area contributed by atoms with E-state index in [2.05, 4.69) is 5.32 Å². The lowest BCUT2D eigenvalue weighted by Crippen LogP contribution is -2.18. The molecule has 0 aliphatic heterocycles. The van der Waals surface area contributed by atoms with Crippen LogP contribution in [-0.4, -0.2) is 24.7 Å². The van der Waals surface area contributed by atoms with E-state index in [9.17, 15) is 4.79 Å². The third-order valence-corrected chi connectivity index (χ3v) is 2.18. The fourth-order valence-electron chi connectivity index (χ4n) is 1.06. The SMILES string of the molecule is O=CNCCC1(CO)CC1. The largest absolute Gasteiger partial charge is 0.396 e. The first-order valence-corrected chi connectivity index (χ1v) is 3.61. The van der Waals surface area contributed by atoms with Crippen LogP contribution in [0.1, 0.15) is 19.3 Å². The van der Waals surface area contributed by atoms with Crippen molar-refractivity contribution >= 4 is 6.41 Å². The first kappa shape index (κ1) is 7.54. The lowest BCUT2D eigenvalue weighted by molar-refractivity contribution is -0.109. The summed E-state index contributed by atoms with van der Waals surface area (Å²) in [6.07, 6.45) is 3.85. The summed E-state index contributed by atoms with van der Waals surface area (Å²) < 4.78 is 0. The molecule has 0 aromatic heterocycles. The Labute approximate surface area is 60.4 Å². The van der Waals surface area contributed by atoms with E-state index in [-0.39, 0.29) is 12.0 Å². The predicted octanol–water partition coefficient (Wildman–Crippen LogP) is -0.105. The third-order valence-electron chi connectivity index (χ3n) is 2.18. The number of aliphatic hydroxyl groups is 1. The number of carbonyl (C=O) groups is 1. The smallest absolute Gasteiger partial charge is 0.207 e. The van der Waals surface area contributed by atoms with Crippen molar-refractivity contribution in [3.8, 4) is 0 Å². The Kier molecular flexibility index (Phi) is 2.27. The van der Waals surface area contributed by atoms with Crippen molar-refractivity contribution in [3.05, 3.63) is 0 Å². The molecule has 0 atom stereocenters. The van der Waals surface area contributed by atoms with Crippen LogP contribution in [0.2, 0.25) is 0 Å². The maximum atomic E-state index is 9.83. The molecule has 0 heterocycles. The van der Waals surface area contributed by atoms with Crippen LogP contribution in [0.15, 0.2) is 0 Å². The van der Waals surface area contributed by atoms with E-state index in [1.54, 1.807) is 0 Å². The molecule has 0 spiro atoms. The second kappa shape index (κ2) is 3.01. The predicted molar refractivity (Wildman–Crippen MR) is 37.4 cm³/mol. The van der Waals surface area contributed by atoms with Gasteiger partial charge in [0.1, 0.15) is 0 Å². The van der Waals surface area contributed by atoms with Crippen LogP contribution in [0, 0.1) is 5.41 Å². The molecule has 10 heavy (non-hydrogen) atoms. The minimum atomic E-state index is 0.177. The van der Waals surface area contributed by atoms with Gasteiger partial charge >= 0.3 is 0 Å². The van der Waals surface area contributed by atoms with Crippen molar-refractivity contribution in [1.82, 2.24) is 5.32 Å². The van der Waals surface area contributed by atoms with Gasteiger partial charge in [0.15, 0.2) is 0 Å². The minimum Gasteiger partial charge on any atom is -0.396 e. The maximum Gasteiger partial charge on any atom is 0.207 e. The van der Waals surface area contributed by atoms with Gasteiger partial charge in [0.05, 0.1) is 0 Å². The van der Waals surface area contributed by atoms with Crippen molar-refractivity contribution in [2.24, 2.45) is 5.41 Å². The normalized spacial score (nSPS) is 20.1. The van der Waals surface area contributed by atoms with Crippen molar-refractivity contribution in [1.29, 1.82) is 0 Å². The molecule has 0 saturated heterocycles. The van der Waals surface area contributed by atoms with Crippen molar-refractivity contribution in [3.63, 3.8) is 0 Å². The average molecular weight is 143 g/mol. The summed E-state index contributed by atoms with van der Waals surface area (Å²) in [7, 11) is 0. The van der Waals surface area contributed by atoms with Crippen LogP contribution in [0.3, 0.4) is 0 Å². The van der Waals surface area contributed by atoms with Gasteiger partial charge in [0.2, 0.25) is 6.41 Å². The van der Waals surface area contributed by atoms with E-state index < -0.39 is 0 Å². The topological polar surface area (TPSA) is 49.3 Å². The molecule has 0 radical (unpaired) electrons. The molecular formula is C7H13NO2. The monoisotopic (exact) mass is 143 g/mol. The second-order valence-corrected chi connectivity index (χ2v) is 2.98. The lowest BCUT2D eigenvalue weighted by Gasteiger charge is -2.09. The van der Waals surface area contributed by atoms with Gasteiger partial charge in [-0.2, -0.15) is 0 Å². The highest BCUT2D eigenvalue weighted by Crippen LogP contribution is 2.47. The summed E-state index contributed by atoms with van der Waals surface area (Å²) in [5.41, 5.74) is 0.177. The summed E-state index contributed by atoms with van der Waals surface area (Å²) in [5.74, 6) is 0. The molecule has 1 rings (SSSR count). The fraction of sp³-hybridized carbons (Fsp3) is 0.857. The molecule has 1 aliphatic carbocycles. The van der Waals surface area contributed by atoms with Gasteiger partial charge < -0.3 is 10.4 Å². The summed E-state index contributed by atoms with van der Waals surface area (Å²) in [6.45, 7) is 0.970. The first-order valence-electron chi connectivity index (χ1n) is 3.61.